The number of rotatable bonds is 2. The first-order valence-corrected chi connectivity index (χ1v) is 5.46. The van der Waals surface area contributed by atoms with Crippen molar-refractivity contribution < 1.29 is 9.53 Å². The first-order chi connectivity index (χ1) is 7.74. The summed E-state index contributed by atoms with van der Waals surface area (Å²) in [6.45, 7) is 2.16. The first-order valence-electron chi connectivity index (χ1n) is 5.08. The molecule has 0 fully saturated rings. The summed E-state index contributed by atoms with van der Waals surface area (Å²) in [4.78, 5) is 11.7. The molecule has 2 nitrogen and oxygen atoms in total. The van der Waals surface area contributed by atoms with E-state index in [0.717, 1.165) is 10.8 Å². The minimum atomic E-state index is -0.310. The molecular formula is C13H11ClO2. The average Bonchev–Trinajstić information content (AvgIpc) is 2.29. The molecule has 0 aliphatic carbocycles. The molecule has 0 spiro atoms. The van der Waals surface area contributed by atoms with Gasteiger partial charge in [0.05, 0.1) is 12.2 Å². The van der Waals surface area contributed by atoms with Crippen molar-refractivity contribution in [3.8, 4) is 0 Å². The zero-order chi connectivity index (χ0) is 11.5. The molecule has 16 heavy (non-hydrogen) atoms. The van der Waals surface area contributed by atoms with Crippen LogP contribution < -0.4 is 0 Å². The van der Waals surface area contributed by atoms with Crippen LogP contribution in [-0.2, 0) is 4.74 Å². The molecule has 0 aromatic heterocycles. The molecular weight excluding hydrogens is 224 g/mol. The van der Waals surface area contributed by atoms with Crippen LogP contribution in [0.2, 0.25) is 5.02 Å². The lowest BCUT2D eigenvalue weighted by Gasteiger charge is -2.06. The number of halogens is 1. The Morgan fingerprint density at radius 3 is 2.62 bits per heavy atom. The Bertz CT molecular complexity index is 534. The maximum atomic E-state index is 11.7. The molecule has 2 aromatic carbocycles. The van der Waals surface area contributed by atoms with E-state index in [2.05, 4.69) is 0 Å². The molecule has 0 unspecified atom stereocenters. The van der Waals surface area contributed by atoms with Crippen LogP contribution in [0.5, 0.6) is 0 Å². The molecule has 0 N–H and O–H groups in total. The van der Waals surface area contributed by atoms with Gasteiger partial charge in [0, 0.05) is 10.4 Å². The maximum absolute atomic E-state index is 11.7. The molecule has 2 aromatic rings. The lowest BCUT2D eigenvalue weighted by atomic mass is 10.0. The molecule has 82 valence electrons. The molecule has 3 heteroatoms. The van der Waals surface area contributed by atoms with Gasteiger partial charge in [-0.25, -0.2) is 4.79 Å². The Morgan fingerprint density at radius 1 is 1.19 bits per heavy atom. The van der Waals surface area contributed by atoms with Gasteiger partial charge in [-0.3, -0.25) is 0 Å². The summed E-state index contributed by atoms with van der Waals surface area (Å²) in [5.41, 5.74) is 0.557. The van der Waals surface area contributed by atoms with Crippen molar-refractivity contribution in [2.75, 3.05) is 6.61 Å². The lowest BCUT2D eigenvalue weighted by molar-refractivity contribution is 0.0528. The zero-order valence-corrected chi connectivity index (χ0v) is 9.62. The van der Waals surface area contributed by atoms with E-state index in [1.54, 1.807) is 25.1 Å². The van der Waals surface area contributed by atoms with Crippen LogP contribution >= 0.6 is 11.6 Å². The number of benzene rings is 2. The van der Waals surface area contributed by atoms with Crippen LogP contribution in [0.3, 0.4) is 0 Å². The second-order valence-electron chi connectivity index (χ2n) is 3.36. The number of ether oxygens (including phenoxy) is 1. The molecule has 0 atom stereocenters. The minimum absolute atomic E-state index is 0.310. The number of fused-ring (bicyclic) bond motifs is 1. The fourth-order valence-electron chi connectivity index (χ4n) is 1.66. The summed E-state index contributed by atoms with van der Waals surface area (Å²) in [5.74, 6) is -0.310. The highest BCUT2D eigenvalue weighted by Crippen LogP contribution is 2.26. The Kier molecular flexibility index (Phi) is 3.11. The molecule has 0 bridgehead atoms. The van der Waals surface area contributed by atoms with Gasteiger partial charge >= 0.3 is 5.97 Å². The predicted octanol–water partition coefficient (Wildman–Crippen LogP) is 3.67. The molecule has 0 aliphatic rings. The molecule has 0 saturated heterocycles. The third-order valence-corrected chi connectivity index (χ3v) is 2.69. The van der Waals surface area contributed by atoms with E-state index in [1.165, 1.54) is 0 Å². The Hall–Kier alpha value is -1.54. The van der Waals surface area contributed by atoms with E-state index in [1.807, 2.05) is 18.2 Å². The monoisotopic (exact) mass is 234 g/mol. The summed E-state index contributed by atoms with van der Waals surface area (Å²) in [6, 6.07) is 10.9. The van der Waals surface area contributed by atoms with Gasteiger partial charge in [-0.2, -0.15) is 0 Å². The van der Waals surface area contributed by atoms with Gasteiger partial charge in [-0.1, -0.05) is 35.9 Å². The molecule has 0 saturated carbocycles. The second kappa shape index (κ2) is 4.54. The van der Waals surface area contributed by atoms with Crippen LogP contribution in [0, 0.1) is 0 Å². The number of hydrogen-bond donors (Lipinski definition) is 0. The maximum Gasteiger partial charge on any atom is 0.338 e. The van der Waals surface area contributed by atoms with Gasteiger partial charge in [-0.05, 0) is 24.4 Å². The number of esters is 1. The third-order valence-electron chi connectivity index (χ3n) is 2.36. The normalized spacial score (nSPS) is 10.4. The van der Waals surface area contributed by atoms with E-state index in [9.17, 15) is 4.79 Å². The summed E-state index contributed by atoms with van der Waals surface area (Å²) >= 11 is 6.06. The highest BCUT2D eigenvalue weighted by molar-refractivity contribution is 6.35. The van der Waals surface area contributed by atoms with Crippen molar-refractivity contribution in [2.24, 2.45) is 0 Å². The van der Waals surface area contributed by atoms with Crippen LogP contribution in [0.15, 0.2) is 36.4 Å². The van der Waals surface area contributed by atoms with Gasteiger partial charge in [-0.15, -0.1) is 0 Å². The summed E-state index contributed by atoms with van der Waals surface area (Å²) < 4.78 is 4.99. The van der Waals surface area contributed by atoms with Crippen molar-refractivity contribution in [2.45, 2.75) is 6.92 Å². The van der Waals surface area contributed by atoms with Crippen LogP contribution in [0.25, 0.3) is 10.8 Å². The molecule has 0 radical (unpaired) electrons. The van der Waals surface area contributed by atoms with E-state index < -0.39 is 0 Å². The standard InChI is InChI=1S/C13H11ClO2/c1-2-16-13(15)11-7-3-6-10-9(11)5-4-8-12(10)14/h3-8H,2H2,1H3. The van der Waals surface area contributed by atoms with E-state index in [4.69, 9.17) is 16.3 Å². The van der Waals surface area contributed by atoms with Crippen LogP contribution in [0.4, 0.5) is 0 Å². The van der Waals surface area contributed by atoms with Crippen molar-refractivity contribution in [3.63, 3.8) is 0 Å². The second-order valence-corrected chi connectivity index (χ2v) is 3.77. The average molecular weight is 235 g/mol. The highest BCUT2D eigenvalue weighted by atomic mass is 35.5. The summed E-state index contributed by atoms with van der Waals surface area (Å²) in [6.07, 6.45) is 0. The number of carbonyl (C=O) groups excluding carboxylic acids is 1. The fraction of sp³-hybridized carbons (Fsp3) is 0.154. The van der Waals surface area contributed by atoms with Gasteiger partial charge in [0.2, 0.25) is 0 Å². The van der Waals surface area contributed by atoms with Gasteiger partial charge in [0.1, 0.15) is 0 Å². The predicted molar refractivity (Wildman–Crippen MR) is 64.9 cm³/mol. The van der Waals surface area contributed by atoms with Crippen LogP contribution in [-0.4, -0.2) is 12.6 Å². The van der Waals surface area contributed by atoms with Gasteiger partial charge < -0.3 is 4.74 Å². The van der Waals surface area contributed by atoms with E-state index in [0.29, 0.717) is 17.2 Å². The quantitative estimate of drug-likeness (QED) is 0.741. The molecule has 0 heterocycles. The molecule has 0 aliphatic heterocycles. The third kappa shape index (κ3) is 1.89. The largest absolute Gasteiger partial charge is 0.462 e. The number of carbonyl (C=O) groups is 1. The zero-order valence-electron chi connectivity index (χ0n) is 8.87. The summed E-state index contributed by atoms with van der Waals surface area (Å²) in [5, 5.41) is 2.34. The Morgan fingerprint density at radius 2 is 1.88 bits per heavy atom. The molecule has 2 rings (SSSR count). The highest BCUT2D eigenvalue weighted by Gasteiger charge is 2.11. The summed E-state index contributed by atoms with van der Waals surface area (Å²) in [7, 11) is 0. The number of hydrogen-bond acceptors (Lipinski definition) is 2. The fourth-order valence-corrected chi connectivity index (χ4v) is 1.90. The van der Waals surface area contributed by atoms with Crippen molar-refractivity contribution >= 4 is 28.3 Å². The van der Waals surface area contributed by atoms with Crippen molar-refractivity contribution in [1.82, 2.24) is 0 Å². The van der Waals surface area contributed by atoms with Crippen molar-refractivity contribution in [3.05, 3.63) is 47.0 Å². The Labute approximate surface area is 98.8 Å². The van der Waals surface area contributed by atoms with Crippen LogP contribution in [0.1, 0.15) is 17.3 Å². The Balaban J connectivity index is 2.62. The first kappa shape index (κ1) is 11.0. The smallest absolute Gasteiger partial charge is 0.338 e. The topological polar surface area (TPSA) is 26.3 Å². The van der Waals surface area contributed by atoms with Gasteiger partial charge in [0.15, 0.2) is 0 Å². The lowest BCUT2D eigenvalue weighted by Crippen LogP contribution is -2.05. The van der Waals surface area contributed by atoms with E-state index >= 15 is 0 Å². The van der Waals surface area contributed by atoms with Crippen molar-refractivity contribution in [1.29, 1.82) is 0 Å². The van der Waals surface area contributed by atoms with E-state index in [-0.39, 0.29) is 5.97 Å². The minimum Gasteiger partial charge on any atom is -0.462 e. The molecule has 0 amide bonds. The SMILES string of the molecule is CCOC(=O)c1cccc2c(Cl)cccc12. The van der Waals surface area contributed by atoms with Gasteiger partial charge in [0.25, 0.3) is 0 Å².